The Labute approximate surface area is 188 Å². The summed E-state index contributed by atoms with van der Waals surface area (Å²) in [5, 5.41) is 3.29. The molecule has 0 radical (unpaired) electrons. The molecule has 1 aliphatic heterocycles. The molecule has 160 valence electrons. The van der Waals surface area contributed by atoms with Crippen LogP contribution in [0.15, 0.2) is 47.4 Å². The molecular formula is C22H22N4O3S2. The molecule has 2 aromatic carbocycles. The van der Waals surface area contributed by atoms with Crippen LogP contribution in [-0.2, 0) is 9.59 Å². The van der Waals surface area contributed by atoms with E-state index in [1.54, 1.807) is 17.0 Å². The Kier molecular flexibility index (Phi) is 6.24. The van der Waals surface area contributed by atoms with E-state index in [9.17, 15) is 14.4 Å². The van der Waals surface area contributed by atoms with Crippen molar-refractivity contribution in [1.82, 2.24) is 9.88 Å². The highest BCUT2D eigenvalue weighted by molar-refractivity contribution is 8.00. The van der Waals surface area contributed by atoms with Crippen LogP contribution in [0.3, 0.4) is 0 Å². The third kappa shape index (κ3) is 4.42. The Bertz CT molecular complexity index is 1120. The summed E-state index contributed by atoms with van der Waals surface area (Å²) in [5.41, 5.74) is 1.92. The minimum Gasteiger partial charge on any atom is -0.339 e. The van der Waals surface area contributed by atoms with Gasteiger partial charge in [-0.25, -0.2) is 4.98 Å². The van der Waals surface area contributed by atoms with Crippen molar-refractivity contribution < 1.29 is 14.4 Å². The lowest BCUT2D eigenvalue weighted by molar-refractivity contribution is -0.120. The van der Waals surface area contributed by atoms with Crippen molar-refractivity contribution in [3.8, 4) is 0 Å². The molecule has 0 saturated heterocycles. The number of fused-ring (bicyclic) bond motifs is 2. The van der Waals surface area contributed by atoms with Gasteiger partial charge in [0.1, 0.15) is 6.54 Å². The molecule has 0 saturated carbocycles. The van der Waals surface area contributed by atoms with E-state index in [0.717, 1.165) is 15.1 Å². The lowest BCUT2D eigenvalue weighted by atomic mass is 10.1. The summed E-state index contributed by atoms with van der Waals surface area (Å²) in [6.07, 6.45) is 0. The predicted molar refractivity (Wildman–Crippen MR) is 125 cm³/mol. The topological polar surface area (TPSA) is 82.6 Å². The second-order valence-corrected chi connectivity index (χ2v) is 9.01. The number of carbonyl (C=O) groups is 3. The van der Waals surface area contributed by atoms with Crippen molar-refractivity contribution in [3.63, 3.8) is 0 Å². The number of rotatable bonds is 6. The molecule has 0 bridgehead atoms. The summed E-state index contributed by atoms with van der Waals surface area (Å²) in [6.45, 7) is 4.93. The van der Waals surface area contributed by atoms with Crippen LogP contribution in [0.25, 0.3) is 10.2 Å². The molecule has 7 nitrogen and oxygen atoms in total. The lowest BCUT2D eigenvalue weighted by Crippen LogP contribution is -2.41. The average Bonchev–Trinajstić information content (AvgIpc) is 3.18. The summed E-state index contributed by atoms with van der Waals surface area (Å²) in [6, 6.07) is 13.0. The maximum absolute atomic E-state index is 12.8. The summed E-state index contributed by atoms with van der Waals surface area (Å²) in [4.78, 5) is 46.6. The summed E-state index contributed by atoms with van der Waals surface area (Å²) < 4.78 is 0.980. The first-order chi connectivity index (χ1) is 15.0. The molecule has 1 aliphatic rings. The highest BCUT2D eigenvalue weighted by Gasteiger charge is 2.28. The summed E-state index contributed by atoms with van der Waals surface area (Å²) in [7, 11) is 0. The van der Waals surface area contributed by atoms with Gasteiger partial charge in [0, 0.05) is 23.5 Å². The first kappa shape index (κ1) is 21.3. The average molecular weight is 455 g/mol. The monoisotopic (exact) mass is 454 g/mol. The van der Waals surface area contributed by atoms with Gasteiger partial charge < -0.3 is 15.1 Å². The largest absolute Gasteiger partial charge is 0.339 e. The van der Waals surface area contributed by atoms with Crippen LogP contribution in [0.2, 0.25) is 0 Å². The molecule has 0 atom stereocenters. The fourth-order valence-corrected chi connectivity index (χ4v) is 5.23. The number of para-hydroxylation sites is 1. The Hall–Kier alpha value is -2.91. The van der Waals surface area contributed by atoms with Gasteiger partial charge in [-0.1, -0.05) is 23.5 Å². The molecule has 3 amide bonds. The highest BCUT2D eigenvalue weighted by Crippen LogP contribution is 2.36. The summed E-state index contributed by atoms with van der Waals surface area (Å²) in [5.74, 6) is -0.324. The second-order valence-electron chi connectivity index (χ2n) is 6.96. The number of thiazole rings is 1. The van der Waals surface area contributed by atoms with E-state index in [0.29, 0.717) is 29.5 Å². The second kappa shape index (κ2) is 9.07. The number of hydrogen-bond acceptors (Lipinski definition) is 6. The van der Waals surface area contributed by atoms with Crippen molar-refractivity contribution in [1.29, 1.82) is 0 Å². The minimum atomic E-state index is -0.328. The van der Waals surface area contributed by atoms with Crippen molar-refractivity contribution >= 4 is 61.9 Å². The Morgan fingerprint density at radius 1 is 1.16 bits per heavy atom. The van der Waals surface area contributed by atoms with Crippen molar-refractivity contribution in [2.24, 2.45) is 0 Å². The zero-order chi connectivity index (χ0) is 22.0. The molecule has 3 aromatic rings. The molecule has 0 spiro atoms. The lowest BCUT2D eigenvalue weighted by Gasteiger charge is -2.29. The fraction of sp³-hybridized carbons (Fsp3) is 0.273. The number of nitrogens with zero attached hydrogens (tertiary/aromatic N) is 3. The zero-order valence-corrected chi connectivity index (χ0v) is 18.9. The number of amides is 3. The maximum Gasteiger partial charge on any atom is 0.253 e. The molecule has 0 aliphatic carbocycles. The first-order valence-electron chi connectivity index (χ1n) is 10.0. The summed E-state index contributed by atoms with van der Waals surface area (Å²) >= 11 is 2.80. The fourth-order valence-electron chi connectivity index (χ4n) is 3.43. The quantitative estimate of drug-likeness (QED) is 0.612. The van der Waals surface area contributed by atoms with Gasteiger partial charge in [-0.2, -0.15) is 0 Å². The number of hydrogen-bond donors (Lipinski definition) is 1. The van der Waals surface area contributed by atoms with Gasteiger partial charge in [0.05, 0.1) is 21.7 Å². The van der Waals surface area contributed by atoms with E-state index >= 15 is 0 Å². The molecular weight excluding hydrogens is 432 g/mol. The molecule has 0 unspecified atom stereocenters. The zero-order valence-electron chi connectivity index (χ0n) is 17.3. The van der Waals surface area contributed by atoms with E-state index in [2.05, 4.69) is 10.3 Å². The van der Waals surface area contributed by atoms with Gasteiger partial charge in [0.25, 0.3) is 5.91 Å². The third-order valence-corrected chi connectivity index (χ3v) is 7.04. The third-order valence-electron chi connectivity index (χ3n) is 5.04. The van der Waals surface area contributed by atoms with Crippen LogP contribution in [0, 0.1) is 0 Å². The van der Waals surface area contributed by atoms with Gasteiger partial charge in [-0.05, 0) is 44.2 Å². The van der Waals surface area contributed by atoms with Crippen molar-refractivity contribution in [3.05, 3.63) is 48.0 Å². The van der Waals surface area contributed by atoms with Crippen LogP contribution >= 0.6 is 23.1 Å². The molecule has 31 heavy (non-hydrogen) atoms. The van der Waals surface area contributed by atoms with Gasteiger partial charge in [0.15, 0.2) is 5.13 Å². The van der Waals surface area contributed by atoms with Gasteiger partial charge in [0.2, 0.25) is 11.8 Å². The molecule has 2 heterocycles. The molecule has 9 heteroatoms. The van der Waals surface area contributed by atoms with Gasteiger partial charge >= 0.3 is 0 Å². The van der Waals surface area contributed by atoms with E-state index in [4.69, 9.17) is 0 Å². The SMILES string of the molecule is CCN(CC)C(=O)c1ccc2c(c1)N(CC(=O)Nc1nc3ccccc3s1)C(=O)CS2. The number of anilines is 2. The standard InChI is InChI=1S/C22H22N4O3S2/c1-3-25(4-2)21(29)14-9-10-18-16(11-14)26(20(28)13-30-18)12-19(27)24-22-23-15-7-5-6-8-17(15)31-22/h5-11H,3-4,12-13H2,1-2H3,(H,23,24,27). The minimum absolute atomic E-state index is 0.0882. The van der Waals surface area contributed by atoms with Gasteiger partial charge in [-0.3, -0.25) is 14.4 Å². The number of thioether (sulfide) groups is 1. The van der Waals surface area contributed by atoms with Gasteiger partial charge in [-0.15, -0.1) is 11.8 Å². The number of benzene rings is 2. The van der Waals surface area contributed by atoms with E-state index in [1.165, 1.54) is 28.0 Å². The van der Waals surface area contributed by atoms with Crippen LogP contribution in [0.4, 0.5) is 10.8 Å². The Balaban J connectivity index is 1.55. The van der Waals surface area contributed by atoms with E-state index in [-0.39, 0.29) is 30.0 Å². The highest BCUT2D eigenvalue weighted by atomic mass is 32.2. The first-order valence-corrected chi connectivity index (χ1v) is 11.8. The van der Waals surface area contributed by atoms with Crippen LogP contribution < -0.4 is 10.2 Å². The smallest absolute Gasteiger partial charge is 0.253 e. The van der Waals surface area contributed by atoms with Crippen LogP contribution in [0.1, 0.15) is 24.2 Å². The predicted octanol–water partition coefficient (Wildman–Crippen LogP) is 3.86. The van der Waals surface area contributed by atoms with Crippen LogP contribution in [-0.4, -0.2) is 53.0 Å². The number of nitrogens with one attached hydrogen (secondary N) is 1. The molecule has 0 fully saturated rings. The molecule has 1 aromatic heterocycles. The van der Waals surface area contributed by atoms with E-state index < -0.39 is 0 Å². The Morgan fingerprint density at radius 3 is 2.68 bits per heavy atom. The van der Waals surface area contributed by atoms with Crippen molar-refractivity contribution in [2.75, 3.05) is 35.6 Å². The molecule has 4 rings (SSSR count). The maximum atomic E-state index is 12.8. The van der Waals surface area contributed by atoms with Crippen LogP contribution in [0.5, 0.6) is 0 Å². The number of aromatic nitrogens is 1. The molecule has 1 N–H and O–H groups in total. The van der Waals surface area contributed by atoms with E-state index in [1.807, 2.05) is 44.2 Å². The van der Waals surface area contributed by atoms with Crippen molar-refractivity contribution in [2.45, 2.75) is 18.7 Å². The Morgan fingerprint density at radius 2 is 1.94 bits per heavy atom. The number of carbonyl (C=O) groups excluding carboxylic acids is 3. The normalized spacial score (nSPS) is 13.2.